The average Bonchev–Trinajstić information content (AvgIpc) is 2.61. The standard InChI is InChI=1S/C19H14F6.C2H2/c1-3-15-8-13(5-4-12(15)2)6-7-14-9-16(18(20,21)22)11-17(10-14)19(23,24)25;1-2/h3-11H,1H2,2H3;1-2H/b7-6+;. The highest BCUT2D eigenvalue weighted by molar-refractivity contribution is 5.72. The Morgan fingerprint density at radius 1 is 0.778 bits per heavy atom. The second-order valence-corrected chi connectivity index (χ2v) is 5.49. The summed E-state index contributed by atoms with van der Waals surface area (Å²) >= 11 is 0. The minimum atomic E-state index is -4.86. The second kappa shape index (κ2) is 8.63. The number of benzene rings is 2. The predicted octanol–water partition coefficient (Wildman–Crippen LogP) is 7.10. The van der Waals surface area contributed by atoms with E-state index in [4.69, 9.17) is 0 Å². The van der Waals surface area contributed by atoms with Crippen LogP contribution in [0.4, 0.5) is 26.3 Å². The molecule has 0 saturated carbocycles. The van der Waals surface area contributed by atoms with E-state index in [0.717, 1.165) is 11.1 Å². The molecule has 0 saturated heterocycles. The van der Waals surface area contributed by atoms with E-state index >= 15 is 0 Å². The van der Waals surface area contributed by atoms with Gasteiger partial charge in [0.2, 0.25) is 0 Å². The molecular weight excluding hydrogens is 366 g/mol. The zero-order chi connectivity index (χ0) is 20.8. The van der Waals surface area contributed by atoms with Gasteiger partial charge in [-0.3, -0.25) is 0 Å². The van der Waals surface area contributed by atoms with Crippen molar-refractivity contribution in [3.63, 3.8) is 0 Å². The summed E-state index contributed by atoms with van der Waals surface area (Å²) in [4.78, 5) is 0. The normalized spacial score (nSPS) is 11.7. The summed E-state index contributed by atoms with van der Waals surface area (Å²) in [5.74, 6) is 0. The van der Waals surface area contributed by atoms with Gasteiger partial charge in [-0.15, -0.1) is 12.8 Å². The Labute approximate surface area is 153 Å². The van der Waals surface area contributed by atoms with Gasteiger partial charge in [0.05, 0.1) is 11.1 Å². The third-order valence-corrected chi connectivity index (χ3v) is 3.60. The van der Waals surface area contributed by atoms with Crippen molar-refractivity contribution >= 4 is 18.2 Å². The summed E-state index contributed by atoms with van der Waals surface area (Å²) in [7, 11) is 0. The van der Waals surface area contributed by atoms with E-state index in [-0.39, 0.29) is 11.6 Å². The van der Waals surface area contributed by atoms with Gasteiger partial charge >= 0.3 is 12.4 Å². The van der Waals surface area contributed by atoms with E-state index in [1.165, 1.54) is 12.2 Å². The fourth-order valence-electron chi connectivity index (χ4n) is 2.25. The van der Waals surface area contributed by atoms with E-state index in [1.807, 2.05) is 6.92 Å². The summed E-state index contributed by atoms with van der Waals surface area (Å²) in [5.41, 5.74) is -0.405. The molecule has 0 aliphatic rings. The molecule has 27 heavy (non-hydrogen) atoms. The monoisotopic (exact) mass is 382 g/mol. The zero-order valence-electron chi connectivity index (χ0n) is 14.3. The number of terminal acetylenes is 1. The van der Waals surface area contributed by atoms with Gasteiger partial charge in [0, 0.05) is 0 Å². The van der Waals surface area contributed by atoms with Crippen LogP contribution in [0.25, 0.3) is 18.2 Å². The molecule has 0 amide bonds. The molecule has 0 radical (unpaired) electrons. The van der Waals surface area contributed by atoms with Gasteiger partial charge < -0.3 is 0 Å². The van der Waals surface area contributed by atoms with Crippen molar-refractivity contribution in [2.75, 3.05) is 0 Å². The van der Waals surface area contributed by atoms with Crippen LogP contribution < -0.4 is 0 Å². The van der Waals surface area contributed by atoms with Crippen LogP contribution in [0.3, 0.4) is 0 Å². The molecule has 0 atom stereocenters. The zero-order valence-corrected chi connectivity index (χ0v) is 14.3. The van der Waals surface area contributed by atoms with Crippen LogP contribution in [-0.4, -0.2) is 0 Å². The van der Waals surface area contributed by atoms with Crippen molar-refractivity contribution in [2.24, 2.45) is 0 Å². The minimum Gasteiger partial charge on any atom is -0.166 e. The Bertz CT molecular complexity index is 819. The summed E-state index contributed by atoms with van der Waals surface area (Å²) < 4.78 is 77.0. The number of hydrogen-bond donors (Lipinski definition) is 0. The molecule has 0 aliphatic carbocycles. The highest BCUT2D eigenvalue weighted by atomic mass is 19.4. The SMILES string of the molecule is C#C.C=Cc1cc(/C=C/c2cc(C(F)(F)F)cc(C(F)(F)F)c2)ccc1C. The quantitative estimate of drug-likeness (QED) is 0.302. The lowest BCUT2D eigenvalue weighted by Crippen LogP contribution is -2.11. The van der Waals surface area contributed by atoms with Crippen molar-refractivity contribution < 1.29 is 26.3 Å². The minimum absolute atomic E-state index is 0.110. The Kier molecular flexibility index (Phi) is 7.06. The summed E-state index contributed by atoms with van der Waals surface area (Å²) in [6, 6.07) is 6.75. The van der Waals surface area contributed by atoms with E-state index in [0.29, 0.717) is 17.7 Å². The van der Waals surface area contributed by atoms with Crippen molar-refractivity contribution in [3.05, 3.63) is 76.4 Å². The van der Waals surface area contributed by atoms with Crippen molar-refractivity contribution in [1.29, 1.82) is 0 Å². The third-order valence-electron chi connectivity index (χ3n) is 3.60. The first-order valence-electron chi connectivity index (χ1n) is 7.54. The Morgan fingerprint density at radius 3 is 1.70 bits per heavy atom. The van der Waals surface area contributed by atoms with E-state index in [2.05, 4.69) is 19.4 Å². The lowest BCUT2D eigenvalue weighted by atomic mass is 10.0. The largest absolute Gasteiger partial charge is 0.416 e. The van der Waals surface area contributed by atoms with Crippen LogP contribution in [-0.2, 0) is 12.4 Å². The third kappa shape index (κ3) is 6.07. The van der Waals surface area contributed by atoms with E-state index in [9.17, 15) is 26.3 Å². The Hall–Kier alpha value is -2.94. The lowest BCUT2D eigenvalue weighted by molar-refractivity contribution is -0.143. The molecule has 2 rings (SSSR count). The van der Waals surface area contributed by atoms with Gasteiger partial charge in [-0.05, 0) is 53.4 Å². The molecule has 6 heteroatoms. The first kappa shape index (κ1) is 22.1. The molecule has 0 bridgehead atoms. The molecule has 2 aromatic rings. The maximum atomic E-state index is 12.8. The van der Waals surface area contributed by atoms with Gasteiger partial charge in [0.15, 0.2) is 0 Å². The molecule has 142 valence electrons. The van der Waals surface area contributed by atoms with Gasteiger partial charge in [-0.1, -0.05) is 36.9 Å². The highest BCUT2D eigenvalue weighted by Gasteiger charge is 2.36. The molecule has 0 nitrogen and oxygen atoms in total. The number of hydrogen-bond acceptors (Lipinski definition) is 0. The molecule has 0 unspecified atom stereocenters. The van der Waals surface area contributed by atoms with Gasteiger partial charge in [-0.2, -0.15) is 26.3 Å². The number of halogens is 6. The number of aryl methyl sites for hydroxylation is 1. The van der Waals surface area contributed by atoms with Crippen molar-refractivity contribution in [2.45, 2.75) is 19.3 Å². The predicted molar refractivity (Wildman–Crippen MR) is 96.5 cm³/mol. The Balaban J connectivity index is 0.00000176. The van der Waals surface area contributed by atoms with Crippen LogP contribution in [0.1, 0.15) is 33.4 Å². The number of alkyl halides is 6. The summed E-state index contributed by atoms with van der Waals surface area (Å²) in [6.45, 7) is 5.52. The van der Waals surface area contributed by atoms with Crippen molar-refractivity contribution in [3.8, 4) is 12.8 Å². The van der Waals surface area contributed by atoms with Crippen molar-refractivity contribution in [1.82, 2.24) is 0 Å². The van der Waals surface area contributed by atoms with Crippen LogP contribution in [0.2, 0.25) is 0 Å². The molecule has 0 heterocycles. The van der Waals surface area contributed by atoms with E-state index < -0.39 is 23.5 Å². The molecule has 0 aliphatic heterocycles. The molecule has 0 fully saturated rings. The first-order valence-corrected chi connectivity index (χ1v) is 7.54. The lowest BCUT2D eigenvalue weighted by Gasteiger charge is -2.13. The van der Waals surface area contributed by atoms with E-state index in [1.54, 1.807) is 24.3 Å². The summed E-state index contributed by atoms with van der Waals surface area (Å²) in [6.07, 6.45) is 2.59. The molecular formula is C21H16F6. The van der Waals surface area contributed by atoms with Crippen LogP contribution in [0.5, 0.6) is 0 Å². The maximum absolute atomic E-state index is 12.8. The van der Waals surface area contributed by atoms with Gasteiger partial charge in [-0.25, -0.2) is 0 Å². The second-order valence-electron chi connectivity index (χ2n) is 5.49. The van der Waals surface area contributed by atoms with Crippen LogP contribution in [0.15, 0.2) is 43.0 Å². The average molecular weight is 382 g/mol. The van der Waals surface area contributed by atoms with Gasteiger partial charge in [0.25, 0.3) is 0 Å². The Morgan fingerprint density at radius 2 is 1.26 bits per heavy atom. The molecule has 2 aromatic carbocycles. The molecule has 0 spiro atoms. The fourth-order valence-corrected chi connectivity index (χ4v) is 2.25. The smallest absolute Gasteiger partial charge is 0.166 e. The summed E-state index contributed by atoms with van der Waals surface area (Å²) in [5, 5.41) is 0. The molecule has 0 aromatic heterocycles. The fraction of sp³-hybridized carbons (Fsp3) is 0.143. The highest BCUT2D eigenvalue weighted by Crippen LogP contribution is 2.36. The first-order chi connectivity index (χ1) is 12.5. The van der Waals surface area contributed by atoms with Gasteiger partial charge in [0.1, 0.15) is 0 Å². The molecule has 0 N–H and O–H groups in total. The maximum Gasteiger partial charge on any atom is 0.416 e. The van der Waals surface area contributed by atoms with Crippen LogP contribution >= 0.6 is 0 Å². The van der Waals surface area contributed by atoms with Crippen LogP contribution in [0, 0.1) is 19.8 Å². The topological polar surface area (TPSA) is 0 Å². The number of rotatable bonds is 3.